The van der Waals surface area contributed by atoms with Gasteiger partial charge in [0.2, 0.25) is 0 Å². The highest BCUT2D eigenvalue weighted by Gasteiger charge is 2.23. The number of benzene rings is 2. The van der Waals surface area contributed by atoms with Gasteiger partial charge in [0, 0.05) is 28.7 Å². The van der Waals surface area contributed by atoms with Crippen LogP contribution in [0.25, 0.3) is 0 Å². The predicted octanol–water partition coefficient (Wildman–Crippen LogP) is 5.19. The molecule has 2 nitrogen and oxygen atoms in total. The van der Waals surface area contributed by atoms with E-state index >= 15 is 0 Å². The maximum absolute atomic E-state index is 13.1. The molecule has 0 aliphatic heterocycles. The van der Waals surface area contributed by atoms with Crippen LogP contribution >= 0.6 is 15.9 Å². The van der Waals surface area contributed by atoms with Crippen LogP contribution in [0, 0.1) is 6.92 Å². The average Bonchev–Trinajstić information content (AvgIpc) is 2.43. The molecule has 1 N–H and O–H groups in total. The number of hydrogen-bond acceptors (Lipinski definition) is 2. The van der Waals surface area contributed by atoms with E-state index in [0.29, 0.717) is 12.1 Å². The highest BCUT2D eigenvalue weighted by molar-refractivity contribution is 9.10. The van der Waals surface area contributed by atoms with Crippen molar-refractivity contribution < 1.29 is 13.9 Å². The van der Waals surface area contributed by atoms with Gasteiger partial charge >= 0.3 is 0 Å². The van der Waals surface area contributed by atoms with Crippen molar-refractivity contribution in [3.8, 4) is 5.75 Å². The molecular formula is C17H16BrF2NO. The molecule has 0 bridgehead atoms. The number of aryl methyl sites for hydroxylation is 1. The summed E-state index contributed by atoms with van der Waals surface area (Å²) in [5.41, 5.74) is 2.19. The minimum Gasteiger partial charge on any atom is -0.507 e. The SMILES string of the molecule is Cc1cc(Br)cc(C=NCc2ccc(C(C)(F)F)cc2)c1O. The van der Waals surface area contributed by atoms with E-state index < -0.39 is 5.92 Å². The normalized spacial score (nSPS) is 12.0. The van der Waals surface area contributed by atoms with Gasteiger partial charge < -0.3 is 5.11 Å². The minimum atomic E-state index is -2.83. The predicted molar refractivity (Wildman–Crippen MR) is 87.9 cm³/mol. The first-order chi connectivity index (χ1) is 10.3. The van der Waals surface area contributed by atoms with Gasteiger partial charge in [-0.15, -0.1) is 0 Å². The Kier molecular flexibility index (Phi) is 4.96. The van der Waals surface area contributed by atoms with Crippen molar-refractivity contribution in [2.75, 3.05) is 0 Å². The highest BCUT2D eigenvalue weighted by atomic mass is 79.9. The molecule has 0 saturated heterocycles. The summed E-state index contributed by atoms with van der Waals surface area (Å²) in [5, 5.41) is 9.95. The van der Waals surface area contributed by atoms with E-state index in [9.17, 15) is 13.9 Å². The molecule has 0 aliphatic rings. The van der Waals surface area contributed by atoms with Crippen molar-refractivity contribution >= 4 is 22.1 Å². The molecule has 0 saturated carbocycles. The smallest absolute Gasteiger partial charge is 0.270 e. The number of phenolic OH excluding ortho intramolecular Hbond substituents is 1. The van der Waals surface area contributed by atoms with Crippen LogP contribution in [-0.2, 0) is 12.5 Å². The van der Waals surface area contributed by atoms with Crippen LogP contribution in [0.2, 0.25) is 0 Å². The third-order valence-corrected chi connectivity index (χ3v) is 3.72. The van der Waals surface area contributed by atoms with Gasteiger partial charge in [0.25, 0.3) is 5.92 Å². The van der Waals surface area contributed by atoms with Crippen molar-refractivity contribution in [3.05, 3.63) is 63.1 Å². The number of alkyl halides is 2. The van der Waals surface area contributed by atoms with Crippen LogP contribution in [0.4, 0.5) is 8.78 Å². The summed E-state index contributed by atoms with van der Waals surface area (Å²) >= 11 is 3.37. The lowest BCUT2D eigenvalue weighted by Crippen LogP contribution is -2.06. The summed E-state index contributed by atoms with van der Waals surface area (Å²) in [7, 11) is 0. The number of halogens is 3. The molecule has 2 aromatic carbocycles. The molecule has 116 valence electrons. The van der Waals surface area contributed by atoms with E-state index in [1.54, 1.807) is 31.3 Å². The third kappa shape index (κ3) is 4.13. The summed E-state index contributed by atoms with van der Waals surface area (Å²) in [6.45, 7) is 3.04. The Morgan fingerprint density at radius 2 is 1.86 bits per heavy atom. The van der Waals surface area contributed by atoms with Gasteiger partial charge in [-0.2, -0.15) is 0 Å². The maximum atomic E-state index is 13.1. The number of hydrogen-bond donors (Lipinski definition) is 1. The lowest BCUT2D eigenvalue weighted by Gasteiger charge is -2.10. The molecule has 0 heterocycles. The summed E-state index contributed by atoms with van der Waals surface area (Å²) in [4.78, 5) is 4.25. The van der Waals surface area contributed by atoms with Gasteiger partial charge in [0.1, 0.15) is 5.75 Å². The molecule has 0 atom stereocenters. The van der Waals surface area contributed by atoms with Crippen molar-refractivity contribution in [3.63, 3.8) is 0 Å². The third-order valence-electron chi connectivity index (χ3n) is 3.26. The fraction of sp³-hybridized carbons (Fsp3) is 0.235. The van der Waals surface area contributed by atoms with Crippen molar-refractivity contribution in [1.82, 2.24) is 0 Å². The second kappa shape index (κ2) is 6.57. The van der Waals surface area contributed by atoms with E-state index in [0.717, 1.165) is 22.5 Å². The van der Waals surface area contributed by atoms with E-state index in [4.69, 9.17) is 0 Å². The lowest BCUT2D eigenvalue weighted by atomic mass is 10.1. The second-order valence-corrected chi connectivity index (χ2v) is 6.13. The van der Waals surface area contributed by atoms with Gasteiger partial charge in [-0.05, 0) is 30.2 Å². The molecule has 0 aliphatic carbocycles. The molecule has 0 spiro atoms. The van der Waals surface area contributed by atoms with Gasteiger partial charge in [-0.25, -0.2) is 8.78 Å². The quantitative estimate of drug-likeness (QED) is 0.740. The van der Waals surface area contributed by atoms with Crippen LogP contribution in [0.5, 0.6) is 5.75 Å². The molecule has 0 aromatic heterocycles. The number of phenols is 1. The van der Waals surface area contributed by atoms with E-state index in [1.165, 1.54) is 12.1 Å². The Bertz CT molecular complexity index is 691. The zero-order chi connectivity index (χ0) is 16.3. The Balaban J connectivity index is 2.10. The van der Waals surface area contributed by atoms with Crippen LogP contribution in [0.3, 0.4) is 0 Å². The lowest BCUT2D eigenvalue weighted by molar-refractivity contribution is 0.0174. The fourth-order valence-electron chi connectivity index (χ4n) is 2.01. The zero-order valence-corrected chi connectivity index (χ0v) is 13.9. The van der Waals surface area contributed by atoms with Gasteiger partial charge in [-0.3, -0.25) is 4.99 Å². The van der Waals surface area contributed by atoms with E-state index in [-0.39, 0.29) is 11.3 Å². The first-order valence-corrected chi connectivity index (χ1v) is 7.53. The van der Waals surface area contributed by atoms with Crippen LogP contribution < -0.4 is 0 Å². The molecule has 5 heteroatoms. The zero-order valence-electron chi connectivity index (χ0n) is 12.3. The van der Waals surface area contributed by atoms with E-state index in [2.05, 4.69) is 20.9 Å². The molecule has 0 radical (unpaired) electrons. The largest absolute Gasteiger partial charge is 0.507 e. The molecule has 0 amide bonds. The highest BCUT2D eigenvalue weighted by Crippen LogP contribution is 2.27. The van der Waals surface area contributed by atoms with E-state index in [1.807, 2.05) is 6.07 Å². The number of rotatable bonds is 4. The molecule has 22 heavy (non-hydrogen) atoms. The topological polar surface area (TPSA) is 32.6 Å². The van der Waals surface area contributed by atoms with Crippen LogP contribution in [-0.4, -0.2) is 11.3 Å². The van der Waals surface area contributed by atoms with Gasteiger partial charge in [0.05, 0.1) is 6.54 Å². The van der Waals surface area contributed by atoms with Gasteiger partial charge in [-0.1, -0.05) is 40.2 Å². The Hall–Kier alpha value is -1.75. The van der Waals surface area contributed by atoms with Crippen molar-refractivity contribution in [2.45, 2.75) is 26.3 Å². The number of aromatic hydroxyl groups is 1. The fourth-order valence-corrected chi connectivity index (χ4v) is 2.60. The van der Waals surface area contributed by atoms with Crippen molar-refractivity contribution in [2.24, 2.45) is 4.99 Å². The second-order valence-electron chi connectivity index (χ2n) is 5.22. The Morgan fingerprint density at radius 3 is 2.45 bits per heavy atom. The standard InChI is InChI=1S/C17H16BrF2NO/c1-11-7-15(18)8-13(16(11)22)10-21-9-12-3-5-14(6-4-12)17(2,19)20/h3-8,10,22H,9H2,1-2H3. The maximum Gasteiger partial charge on any atom is 0.270 e. The Labute approximate surface area is 136 Å². The molecule has 2 aromatic rings. The molecular weight excluding hydrogens is 352 g/mol. The molecule has 0 fully saturated rings. The van der Waals surface area contributed by atoms with Gasteiger partial charge in [0.15, 0.2) is 0 Å². The first kappa shape index (κ1) is 16.6. The summed E-state index contributed by atoms with van der Waals surface area (Å²) in [5.74, 6) is -2.64. The number of nitrogens with zero attached hydrogens (tertiary/aromatic N) is 1. The molecule has 0 unspecified atom stereocenters. The van der Waals surface area contributed by atoms with Crippen LogP contribution in [0.1, 0.15) is 29.2 Å². The summed E-state index contributed by atoms with van der Waals surface area (Å²) < 4.78 is 27.1. The monoisotopic (exact) mass is 367 g/mol. The van der Waals surface area contributed by atoms with Crippen molar-refractivity contribution in [1.29, 1.82) is 0 Å². The Morgan fingerprint density at radius 1 is 1.23 bits per heavy atom. The first-order valence-electron chi connectivity index (χ1n) is 6.73. The minimum absolute atomic E-state index is 0.0134. The van der Waals surface area contributed by atoms with Crippen LogP contribution in [0.15, 0.2) is 45.9 Å². The average molecular weight is 368 g/mol. The molecule has 2 rings (SSSR count). The summed E-state index contributed by atoms with van der Waals surface area (Å²) in [6.07, 6.45) is 1.58. The number of aliphatic imine (C=N–C) groups is 1. The summed E-state index contributed by atoms with van der Waals surface area (Å²) in [6, 6.07) is 9.67.